The molecule has 1 aromatic heterocycles. The molecule has 2 aromatic rings. The van der Waals surface area contributed by atoms with Gasteiger partial charge in [-0.15, -0.1) is 0 Å². The summed E-state index contributed by atoms with van der Waals surface area (Å²) in [5.74, 6) is -2.32. The first-order chi connectivity index (χ1) is 11.8. The van der Waals surface area contributed by atoms with Crippen LogP contribution in [-0.2, 0) is 26.9 Å². The summed E-state index contributed by atoms with van der Waals surface area (Å²) in [4.78, 5) is 25.6. The van der Waals surface area contributed by atoms with Gasteiger partial charge < -0.3 is 14.6 Å². The highest BCUT2D eigenvalue weighted by molar-refractivity contribution is 5.78. The van der Waals surface area contributed by atoms with E-state index in [4.69, 9.17) is 0 Å². The molecule has 0 spiro atoms. The van der Waals surface area contributed by atoms with Gasteiger partial charge in [-0.25, -0.2) is 0 Å². The van der Waals surface area contributed by atoms with Gasteiger partial charge in [-0.1, -0.05) is 29.4 Å². The first kappa shape index (κ1) is 18.4. The molecule has 1 aromatic carbocycles. The van der Waals surface area contributed by atoms with E-state index in [0.717, 1.165) is 0 Å². The van der Waals surface area contributed by atoms with Crippen LogP contribution < -0.4 is 5.32 Å². The Hall–Kier alpha value is -2.91. The zero-order valence-electron chi connectivity index (χ0n) is 13.1. The van der Waals surface area contributed by atoms with E-state index in [9.17, 15) is 22.8 Å². The molecular formula is C15H14F3N3O4. The van der Waals surface area contributed by atoms with Crippen molar-refractivity contribution < 1.29 is 32.0 Å². The number of carbonyl (C=O) groups excluding carboxylic acids is 2. The van der Waals surface area contributed by atoms with Gasteiger partial charge in [0, 0.05) is 12.5 Å². The van der Waals surface area contributed by atoms with Gasteiger partial charge in [0.2, 0.25) is 11.7 Å². The molecule has 1 N–H and O–H groups in total. The fourth-order valence-electron chi connectivity index (χ4n) is 1.86. The average Bonchev–Trinajstić information content (AvgIpc) is 3.02. The Balaban J connectivity index is 1.90. The number of rotatable bonds is 6. The van der Waals surface area contributed by atoms with E-state index in [1.165, 1.54) is 19.1 Å². The number of benzene rings is 1. The Morgan fingerprint density at radius 2 is 1.92 bits per heavy atom. The lowest BCUT2D eigenvalue weighted by Gasteiger charge is -2.06. The van der Waals surface area contributed by atoms with Gasteiger partial charge in [0.25, 0.3) is 0 Å². The molecule has 10 heteroatoms. The van der Waals surface area contributed by atoms with Crippen LogP contribution in [0.1, 0.15) is 18.4 Å². The molecule has 1 heterocycles. The Kier molecular flexibility index (Phi) is 5.73. The molecule has 0 saturated carbocycles. The van der Waals surface area contributed by atoms with Crippen LogP contribution in [0, 0.1) is 0 Å². The smallest absolute Gasteiger partial charge is 0.464 e. The van der Waals surface area contributed by atoms with E-state index < -0.39 is 18.0 Å². The summed E-state index contributed by atoms with van der Waals surface area (Å²) in [7, 11) is 0. The predicted octanol–water partition coefficient (Wildman–Crippen LogP) is 1.98. The molecule has 0 atom stereocenters. The van der Waals surface area contributed by atoms with Crippen molar-refractivity contribution in [3.63, 3.8) is 0 Å². The fraction of sp³-hybridized carbons (Fsp3) is 0.333. The molecule has 0 bridgehead atoms. The molecule has 7 nitrogen and oxygen atoms in total. The molecule has 134 valence electrons. The number of nitrogens with one attached hydrogen (secondary N) is 1. The van der Waals surface area contributed by atoms with Gasteiger partial charge in [0.05, 0.1) is 13.0 Å². The van der Waals surface area contributed by atoms with Crippen molar-refractivity contribution in [3.8, 4) is 11.4 Å². The van der Waals surface area contributed by atoms with E-state index in [1.807, 2.05) is 0 Å². The third-order valence-electron chi connectivity index (χ3n) is 2.97. The summed E-state index contributed by atoms with van der Waals surface area (Å²) in [5, 5.41) is 5.85. The summed E-state index contributed by atoms with van der Waals surface area (Å²) >= 11 is 0. The molecule has 25 heavy (non-hydrogen) atoms. The SMILES string of the molecule is CC(=O)OCCNC(=O)Cc1ccc(-c2noc(C(F)(F)F)n2)cc1. The zero-order chi connectivity index (χ0) is 18.4. The standard InChI is InChI=1S/C15H14F3N3O4/c1-9(22)24-7-6-19-12(23)8-10-2-4-11(5-3-10)13-20-14(25-21-13)15(16,17)18/h2-5H,6-8H2,1H3,(H,19,23). The lowest BCUT2D eigenvalue weighted by atomic mass is 10.1. The number of halogens is 3. The normalized spacial score (nSPS) is 11.2. The summed E-state index contributed by atoms with van der Waals surface area (Å²) in [5.41, 5.74) is 0.978. The van der Waals surface area contributed by atoms with Crippen LogP contribution in [0.15, 0.2) is 28.8 Å². The highest BCUT2D eigenvalue weighted by atomic mass is 19.4. The van der Waals surface area contributed by atoms with Crippen molar-refractivity contribution in [2.24, 2.45) is 0 Å². The van der Waals surface area contributed by atoms with Crippen LogP contribution in [0.2, 0.25) is 0 Å². The van der Waals surface area contributed by atoms with Crippen molar-refractivity contribution in [2.75, 3.05) is 13.2 Å². The van der Waals surface area contributed by atoms with Crippen molar-refractivity contribution in [2.45, 2.75) is 19.5 Å². The van der Waals surface area contributed by atoms with Gasteiger partial charge in [-0.2, -0.15) is 18.2 Å². The quantitative estimate of drug-likeness (QED) is 0.628. The van der Waals surface area contributed by atoms with Gasteiger partial charge in [0.15, 0.2) is 0 Å². The maximum Gasteiger partial charge on any atom is 0.471 e. The highest BCUT2D eigenvalue weighted by Gasteiger charge is 2.38. The Bertz CT molecular complexity index is 741. The Labute approximate surface area is 140 Å². The number of carbonyl (C=O) groups is 2. The molecule has 0 unspecified atom stereocenters. The molecule has 0 aliphatic rings. The number of aromatic nitrogens is 2. The Morgan fingerprint density at radius 1 is 1.24 bits per heavy atom. The number of alkyl halides is 3. The maximum atomic E-state index is 12.4. The minimum absolute atomic E-state index is 0.0698. The van der Waals surface area contributed by atoms with Crippen molar-refractivity contribution in [3.05, 3.63) is 35.7 Å². The topological polar surface area (TPSA) is 94.3 Å². The summed E-state index contributed by atoms with van der Waals surface area (Å²) in [6.07, 6.45) is -4.63. The van der Waals surface area contributed by atoms with Crippen LogP contribution >= 0.6 is 0 Å². The number of hydrogen-bond acceptors (Lipinski definition) is 6. The number of hydrogen-bond donors (Lipinski definition) is 1. The zero-order valence-corrected chi connectivity index (χ0v) is 13.1. The second-order valence-electron chi connectivity index (χ2n) is 4.98. The first-order valence-electron chi connectivity index (χ1n) is 7.16. The Morgan fingerprint density at radius 3 is 2.48 bits per heavy atom. The molecule has 0 aliphatic heterocycles. The van der Waals surface area contributed by atoms with Crippen LogP contribution in [0.4, 0.5) is 13.2 Å². The minimum Gasteiger partial charge on any atom is -0.464 e. The van der Waals surface area contributed by atoms with Crippen LogP contribution in [0.3, 0.4) is 0 Å². The van der Waals surface area contributed by atoms with Gasteiger partial charge in [-0.3, -0.25) is 9.59 Å². The number of amides is 1. The van der Waals surface area contributed by atoms with Gasteiger partial charge in [0.1, 0.15) is 6.61 Å². The summed E-state index contributed by atoms with van der Waals surface area (Å²) in [6, 6.07) is 6.13. The van der Waals surface area contributed by atoms with Gasteiger partial charge in [-0.05, 0) is 5.56 Å². The lowest BCUT2D eigenvalue weighted by Crippen LogP contribution is -2.29. The van der Waals surface area contributed by atoms with E-state index in [-0.39, 0.29) is 31.3 Å². The third-order valence-corrected chi connectivity index (χ3v) is 2.97. The van der Waals surface area contributed by atoms with E-state index in [2.05, 4.69) is 24.7 Å². The first-order valence-corrected chi connectivity index (χ1v) is 7.16. The average molecular weight is 357 g/mol. The van der Waals surface area contributed by atoms with Crippen molar-refractivity contribution >= 4 is 11.9 Å². The van der Waals surface area contributed by atoms with Crippen molar-refractivity contribution in [1.82, 2.24) is 15.5 Å². The van der Waals surface area contributed by atoms with Crippen LogP contribution in [0.5, 0.6) is 0 Å². The van der Waals surface area contributed by atoms with E-state index in [1.54, 1.807) is 12.1 Å². The largest absolute Gasteiger partial charge is 0.471 e. The van der Waals surface area contributed by atoms with Gasteiger partial charge >= 0.3 is 18.0 Å². The second-order valence-corrected chi connectivity index (χ2v) is 4.98. The molecule has 0 saturated heterocycles. The fourth-order valence-corrected chi connectivity index (χ4v) is 1.86. The van der Waals surface area contributed by atoms with Crippen molar-refractivity contribution in [1.29, 1.82) is 0 Å². The number of ether oxygens (including phenoxy) is 1. The molecule has 0 aliphatic carbocycles. The monoisotopic (exact) mass is 357 g/mol. The summed E-state index contributed by atoms with van der Waals surface area (Å²) in [6.45, 7) is 1.55. The van der Waals surface area contributed by atoms with E-state index >= 15 is 0 Å². The third kappa shape index (κ3) is 5.59. The molecule has 0 radical (unpaired) electrons. The van der Waals surface area contributed by atoms with E-state index in [0.29, 0.717) is 11.1 Å². The highest BCUT2D eigenvalue weighted by Crippen LogP contribution is 2.29. The minimum atomic E-state index is -4.70. The molecular weight excluding hydrogens is 343 g/mol. The predicted molar refractivity (Wildman–Crippen MR) is 78.1 cm³/mol. The molecule has 0 fully saturated rings. The molecule has 2 rings (SSSR count). The van der Waals surface area contributed by atoms with Crippen LogP contribution in [-0.4, -0.2) is 35.2 Å². The molecule has 1 amide bonds. The second kappa shape index (κ2) is 7.77. The lowest BCUT2D eigenvalue weighted by molar-refractivity contribution is -0.159. The number of nitrogens with zero attached hydrogens (tertiary/aromatic N) is 2. The maximum absolute atomic E-state index is 12.4. The van der Waals surface area contributed by atoms with Crippen LogP contribution in [0.25, 0.3) is 11.4 Å². The number of esters is 1. The summed E-state index contributed by atoms with van der Waals surface area (Å²) < 4.78 is 46.1.